The maximum atomic E-state index is 8.62. The van der Waals surface area contributed by atoms with Crippen LogP contribution in [0.2, 0.25) is 0 Å². The van der Waals surface area contributed by atoms with E-state index in [0.717, 1.165) is 6.42 Å². The molecule has 0 aliphatic carbocycles. The predicted molar refractivity (Wildman–Crippen MR) is 55.4 cm³/mol. The van der Waals surface area contributed by atoms with E-state index in [1.807, 2.05) is 6.92 Å². The molecular weight excluding hydrogens is 164 g/mol. The lowest BCUT2D eigenvalue weighted by molar-refractivity contribution is 0.131. The first-order valence-electron chi connectivity index (χ1n) is 4.96. The summed E-state index contributed by atoms with van der Waals surface area (Å²) in [5, 5.41) is 15.9. The van der Waals surface area contributed by atoms with Gasteiger partial charge in [-0.3, -0.25) is 0 Å². The Labute approximate surface area is 81.0 Å². The van der Waals surface area contributed by atoms with Crippen molar-refractivity contribution in [3.63, 3.8) is 0 Å². The minimum Gasteiger partial charge on any atom is -0.317 e. The summed E-state index contributed by atoms with van der Waals surface area (Å²) in [5.74, 6) is 0.616. The van der Waals surface area contributed by atoms with E-state index in [2.05, 4.69) is 19.3 Å². The maximum Gasteiger partial charge on any atom is 0.0310 e. The van der Waals surface area contributed by atoms with Gasteiger partial charge in [0, 0.05) is 18.2 Å². The minimum absolute atomic E-state index is 0.205. The third-order valence-corrected chi connectivity index (χ3v) is 2.43. The quantitative estimate of drug-likeness (QED) is 0.422. The zero-order valence-electron chi connectivity index (χ0n) is 8.93. The van der Waals surface area contributed by atoms with Gasteiger partial charge in [-0.25, -0.2) is 5.48 Å². The van der Waals surface area contributed by atoms with Crippen LogP contribution in [0.15, 0.2) is 0 Å². The van der Waals surface area contributed by atoms with Crippen molar-refractivity contribution in [3.8, 4) is 0 Å². The number of hydrogen-bond acceptors (Lipinski definition) is 3. The van der Waals surface area contributed by atoms with Gasteiger partial charge in [0.2, 0.25) is 0 Å². The van der Waals surface area contributed by atoms with Gasteiger partial charge in [-0.1, -0.05) is 33.6 Å². The molecule has 2 atom stereocenters. The van der Waals surface area contributed by atoms with E-state index in [0.29, 0.717) is 12.5 Å². The minimum atomic E-state index is -0.205. The second kappa shape index (κ2) is 6.11. The molecule has 0 heterocycles. The van der Waals surface area contributed by atoms with Gasteiger partial charge in [0.05, 0.1) is 0 Å². The lowest BCUT2D eigenvalue weighted by atomic mass is 9.81. The van der Waals surface area contributed by atoms with Crippen LogP contribution in [0.3, 0.4) is 0 Å². The van der Waals surface area contributed by atoms with Crippen molar-refractivity contribution in [2.45, 2.75) is 40.0 Å². The van der Waals surface area contributed by atoms with Gasteiger partial charge >= 0.3 is 0 Å². The van der Waals surface area contributed by atoms with Gasteiger partial charge in [-0.05, 0) is 12.3 Å². The highest BCUT2D eigenvalue weighted by molar-refractivity contribution is 5.62. The molecule has 0 saturated heterocycles. The third kappa shape index (κ3) is 5.01. The van der Waals surface area contributed by atoms with Crippen molar-refractivity contribution < 1.29 is 5.21 Å². The van der Waals surface area contributed by atoms with Gasteiger partial charge in [-0.2, -0.15) is 0 Å². The molecule has 0 aliphatic rings. The second-order valence-electron chi connectivity index (χ2n) is 4.23. The van der Waals surface area contributed by atoms with Crippen molar-refractivity contribution in [1.29, 1.82) is 5.41 Å². The summed E-state index contributed by atoms with van der Waals surface area (Å²) in [6, 6.07) is 0. The van der Waals surface area contributed by atoms with E-state index < -0.39 is 0 Å². The summed E-state index contributed by atoms with van der Waals surface area (Å²) in [7, 11) is 0. The molecule has 3 heteroatoms. The Kier molecular flexibility index (Phi) is 5.91. The van der Waals surface area contributed by atoms with Crippen LogP contribution in [0.25, 0.3) is 0 Å². The normalized spacial score (nSPS) is 17.8. The summed E-state index contributed by atoms with van der Waals surface area (Å²) >= 11 is 0. The van der Waals surface area contributed by atoms with Crippen LogP contribution >= 0.6 is 0 Å². The molecule has 0 bridgehead atoms. The summed E-state index contributed by atoms with van der Waals surface area (Å²) in [4.78, 5) is 0. The van der Waals surface area contributed by atoms with Gasteiger partial charge in [0.1, 0.15) is 0 Å². The molecule has 13 heavy (non-hydrogen) atoms. The summed E-state index contributed by atoms with van der Waals surface area (Å²) in [5.41, 5.74) is 1.95. The van der Waals surface area contributed by atoms with Crippen LogP contribution in [-0.4, -0.2) is 18.0 Å². The molecular formula is C10H22N2O. The Morgan fingerprint density at radius 2 is 2.23 bits per heavy atom. The average molecular weight is 186 g/mol. The van der Waals surface area contributed by atoms with Crippen LogP contribution in [0.5, 0.6) is 0 Å². The molecule has 78 valence electrons. The van der Waals surface area contributed by atoms with E-state index in [9.17, 15) is 0 Å². The lowest BCUT2D eigenvalue weighted by Gasteiger charge is -2.27. The molecule has 1 unspecified atom stereocenters. The van der Waals surface area contributed by atoms with Gasteiger partial charge in [-0.15, -0.1) is 0 Å². The number of hydroxylamine groups is 1. The summed E-state index contributed by atoms with van der Waals surface area (Å²) in [6.45, 7) is 6.82. The highest BCUT2D eigenvalue weighted by Crippen LogP contribution is 2.25. The molecule has 3 nitrogen and oxygen atoms in total. The van der Waals surface area contributed by atoms with Crippen LogP contribution < -0.4 is 5.48 Å². The van der Waals surface area contributed by atoms with Crippen LogP contribution in [0.4, 0.5) is 0 Å². The SMILES string of the molecule is CCCC(C)C[C@@](C)(C=N)CNO. The predicted octanol–water partition coefficient (Wildman–Crippen LogP) is 2.45. The van der Waals surface area contributed by atoms with Crippen LogP contribution in [0.1, 0.15) is 40.0 Å². The Morgan fingerprint density at radius 3 is 2.62 bits per heavy atom. The fourth-order valence-electron chi connectivity index (χ4n) is 1.75. The standard InChI is InChI=1S/C10H22N2O/c1-4-5-9(2)6-10(3,7-11)8-12-13/h7,9,11-13H,4-6,8H2,1-3H3/t9?,10-/m0/s1. The van der Waals surface area contributed by atoms with E-state index in [1.165, 1.54) is 19.1 Å². The van der Waals surface area contributed by atoms with Crippen molar-refractivity contribution in [1.82, 2.24) is 5.48 Å². The Morgan fingerprint density at radius 1 is 1.62 bits per heavy atom. The van der Waals surface area contributed by atoms with E-state index in [4.69, 9.17) is 10.6 Å². The molecule has 3 N–H and O–H groups in total. The molecule has 0 rings (SSSR count). The van der Waals surface area contributed by atoms with Gasteiger partial charge in [0.15, 0.2) is 0 Å². The molecule has 0 amide bonds. The van der Waals surface area contributed by atoms with Crippen LogP contribution in [0, 0.1) is 16.7 Å². The average Bonchev–Trinajstić information content (AvgIpc) is 2.05. The zero-order chi connectivity index (χ0) is 10.3. The molecule has 0 aliphatic heterocycles. The van der Waals surface area contributed by atoms with E-state index >= 15 is 0 Å². The Hall–Kier alpha value is -0.410. The smallest absolute Gasteiger partial charge is 0.0310 e. The first-order chi connectivity index (χ1) is 6.08. The molecule has 0 aromatic carbocycles. The molecule has 0 fully saturated rings. The topological polar surface area (TPSA) is 56.1 Å². The number of rotatable bonds is 7. The number of hydrogen-bond donors (Lipinski definition) is 3. The van der Waals surface area contributed by atoms with Gasteiger partial charge < -0.3 is 10.6 Å². The van der Waals surface area contributed by atoms with Gasteiger partial charge in [0.25, 0.3) is 0 Å². The first kappa shape index (κ1) is 12.6. The fourth-order valence-corrected chi connectivity index (χ4v) is 1.75. The van der Waals surface area contributed by atoms with E-state index in [1.54, 1.807) is 0 Å². The van der Waals surface area contributed by atoms with Crippen molar-refractivity contribution in [2.24, 2.45) is 11.3 Å². The zero-order valence-corrected chi connectivity index (χ0v) is 8.93. The fraction of sp³-hybridized carbons (Fsp3) is 0.900. The van der Waals surface area contributed by atoms with E-state index in [-0.39, 0.29) is 5.41 Å². The van der Waals surface area contributed by atoms with Crippen molar-refractivity contribution in [3.05, 3.63) is 0 Å². The maximum absolute atomic E-state index is 8.62. The lowest BCUT2D eigenvalue weighted by Crippen LogP contribution is -2.32. The summed E-state index contributed by atoms with van der Waals surface area (Å²) < 4.78 is 0. The molecule has 0 aromatic rings. The van der Waals surface area contributed by atoms with Crippen molar-refractivity contribution >= 4 is 6.21 Å². The highest BCUT2D eigenvalue weighted by Gasteiger charge is 2.23. The largest absolute Gasteiger partial charge is 0.317 e. The molecule has 0 aromatic heterocycles. The summed E-state index contributed by atoms with van der Waals surface area (Å²) in [6.07, 6.45) is 4.76. The van der Waals surface area contributed by atoms with Crippen molar-refractivity contribution in [2.75, 3.05) is 6.54 Å². The molecule has 0 spiro atoms. The first-order valence-corrected chi connectivity index (χ1v) is 4.96. The van der Waals surface area contributed by atoms with Crippen LogP contribution in [-0.2, 0) is 0 Å². The Bertz CT molecular complexity index is 150. The second-order valence-corrected chi connectivity index (χ2v) is 4.23. The Balaban J connectivity index is 4.01. The number of nitrogens with one attached hydrogen (secondary N) is 2. The monoisotopic (exact) mass is 186 g/mol. The molecule has 0 radical (unpaired) electrons. The molecule has 0 saturated carbocycles. The third-order valence-electron chi connectivity index (χ3n) is 2.43. The highest BCUT2D eigenvalue weighted by atomic mass is 16.5.